The summed E-state index contributed by atoms with van der Waals surface area (Å²) in [5.41, 5.74) is 2.19. The molecule has 1 aromatic heterocycles. The molecule has 1 aromatic carbocycles. The Bertz CT molecular complexity index is 488. The number of ether oxygens (including phenoxy) is 1. The molecule has 0 aliphatic rings. The molecule has 0 N–H and O–H groups in total. The second kappa shape index (κ2) is 4.56. The minimum absolute atomic E-state index is 0.868. The molecule has 3 heteroatoms. The van der Waals surface area contributed by atoms with E-state index in [-0.39, 0.29) is 0 Å². The van der Waals surface area contributed by atoms with Crippen molar-refractivity contribution < 1.29 is 4.74 Å². The van der Waals surface area contributed by atoms with Crippen LogP contribution in [0.4, 0.5) is 0 Å². The van der Waals surface area contributed by atoms with E-state index in [1.807, 2.05) is 12.1 Å². The topological polar surface area (TPSA) is 27.1 Å². The molecule has 0 atom stereocenters. The summed E-state index contributed by atoms with van der Waals surface area (Å²) >= 11 is 0. The van der Waals surface area contributed by atoms with Crippen LogP contribution in [0, 0.1) is 0 Å². The van der Waals surface area contributed by atoms with Crippen molar-refractivity contribution in [1.82, 2.24) is 9.55 Å². The molecule has 0 saturated heterocycles. The Morgan fingerprint density at radius 1 is 1.38 bits per heavy atom. The Morgan fingerprint density at radius 2 is 2.19 bits per heavy atom. The van der Waals surface area contributed by atoms with Gasteiger partial charge in [0.2, 0.25) is 0 Å². The lowest BCUT2D eigenvalue weighted by atomic mass is 10.2. The fourth-order valence-electron chi connectivity index (χ4n) is 1.91. The molecule has 2 aromatic rings. The van der Waals surface area contributed by atoms with Crippen molar-refractivity contribution in [3.05, 3.63) is 24.0 Å². The second-order valence-electron chi connectivity index (χ2n) is 4.05. The summed E-state index contributed by atoms with van der Waals surface area (Å²) in [6.45, 7) is 2.20. The number of methoxy groups -OCH3 is 1. The molecule has 1 heterocycles. The maximum absolute atomic E-state index is 5.20. The zero-order valence-electron chi connectivity index (χ0n) is 10.2. The van der Waals surface area contributed by atoms with Crippen LogP contribution in [-0.2, 0) is 13.5 Å². The molecule has 0 amide bonds. The van der Waals surface area contributed by atoms with E-state index in [0.29, 0.717) is 0 Å². The number of nitrogens with zero attached hydrogens (tertiary/aromatic N) is 2. The third-order valence-electron chi connectivity index (χ3n) is 2.93. The minimum Gasteiger partial charge on any atom is -0.497 e. The van der Waals surface area contributed by atoms with Gasteiger partial charge in [-0.05, 0) is 18.6 Å². The summed E-state index contributed by atoms with van der Waals surface area (Å²) in [7, 11) is 3.76. The van der Waals surface area contributed by atoms with Crippen molar-refractivity contribution in [1.29, 1.82) is 0 Å². The zero-order chi connectivity index (χ0) is 11.5. The van der Waals surface area contributed by atoms with Crippen LogP contribution < -0.4 is 4.74 Å². The lowest BCUT2D eigenvalue weighted by molar-refractivity contribution is 0.415. The van der Waals surface area contributed by atoms with E-state index in [9.17, 15) is 0 Å². The molecule has 0 aliphatic carbocycles. The number of aromatic nitrogens is 2. The molecular weight excluding hydrogens is 200 g/mol. The number of fused-ring (bicyclic) bond motifs is 1. The van der Waals surface area contributed by atoms with Crippen molar-refractivity contribution >= 4 is 11.0 Å². The van der Waals surface area contributed by atoms with Crippen LogP contribution in [0.25, 0.3) is 11.0 Å². The number of hydrogen-bond donors (Lipinski definition) is 0. The van der Waals surface area contributed by atoms with Gasteiger partial charge >= 0.3 is 0 Å². The monoisotopic (exact) mass is 218 g/mol. The highest BCUT2D eigenvalue weighted by atomic mass is 16.5. The molecule has 0 saturated carbocycles. The van der Waals surface area contributed by atoms with Gasteiger partial charge in [0.15, 0.2) is 0 Å². The molecular formula is C13H18N2O. The van der Waals surface area contributed by atoms with Crippen LogP contribution in [0.15, 0.2) is 18.2 Å². The van der Waals surface area contributed by atoms with E-state index >= 15 is 0 Å². The predicted octanol–water partition coefficient (Wildman–Crippen LogP) is 2.92. The molecule has 86 valence electrons. The van der Waals surface area contributed by atoms with Gasteiger partial charge < -0.3 is 9.30 Å². The Balaban J connectivity index is 2.41. The van der Waals surface area contributed by atoms with Gasteiger partial charge in [-0.2, -0.15) is 0 Å². The van der Waals surface area contributed by atoms with Gasteiger partial charge in [-0.15, -0.1) is 0 Å². The Kier molecular flexibility index (Phi) is 3.13. The van der Waals surface area contributed by atoms with Crippen molar-refractivity contribution in [2.75, 3.05) is 7.11 Å². The highest BCUT2D eigenvalue weighted by Gasteiger charge is 2.07. The lowest BCUT2D eigenvalue weighted by Gasteiger charge is -2.01. The first kappa shape index (κ1) is 11.0. The van der Waals surface area contributed by atoms with Crippen molar-refractivity contribution in [2.24, 2.45) is 7.05 Å². The van der Waals surface area contributed by atoms with Crippen molar-refractivity contribution in [3.8, 4) is 5.75 Å². The molecule has 0 spiro atoms. The second-order valence-corrected chi connectivity index (χ2v) is 4.05. The Labute approximate surface area is 96.1 Å². The van der Waals surface area contributed by atoms with Crippen molar-refractivity contribution in [2.45, 2.75) is 26.2 Å². The highest BCUT2D eigenvalue weighted by molar-refractivity contribution is 5.77. The van der Waals surface area contributed by atoms with Gasteiger partial charge in [0.25, 0.3) is 0 Å². The Hall–Kier alpha value is -1.51. The molecule has 0 unspecified atom stereocenters. The maximum atomic E-state index is 5.20. The number of benzene rings is 1. The average molecular weight is 218 g/mol. The SMILES string of the molecule is CCCCc1nc2cc(OC)ccc2n1C. The van der Waals surface area contributed by atoms with Gasteiger partial charge in [-0.1, -0.05) is 13.3 Å². The van der Waals surface area contributed by atoms with Gasteiger partial charge in [-0.25, -0.2) is 4.98 Å². The summed E-state index contributed by atoms with van der Waals surface area (Å²) in [4.78, 5) is 4.64. The molecule has 2 rings (SSSR count). The van der Waals surface area contributed by atoms with Crippen LogP contribution >= 0.6 is 0 Å². The maximum Gasteiger partial charge on any atom is 0.121 e. The third-order valence-corrected chi connectivity index (χ3v) is 2.93. The Morgan fingerprint density at radius 3 is 2.88 bits per heavy atom. The first-order chi connectivity index (χ1) is 7.76. The zero-order valence-corrected chi connectivity index (χ0v) is 10.2. The quantitative estimate of drug-likeness (QED) is 0.789. The summed E-state index contributed by atoms with van der Waals surface area (Å²) < 4.78 is 7.37. The van der Waals surface area contributed by atoms with E-state index < -0.39 is 0 Å². The summed E-state index contributed by atoms with van der Waals surface area (Å²) in [5, 5.41) is 0. The summed E-state index contributed by atoms with van der Waals surface area (Å²) in [6.07, 6.45) is 3.44. The first-order valence-corrected chi connectivity index (χ1v) is 5.75. The largest absolute Gasteiger partial charge is 0.497 e. The molecule has 0 bridgehead atoms. The summed E-state index contributed by atoms with van der Waals surface area (Å²) in [6, 6.07) is 6.04. The normalized spacial score (nSPS) is 10.9. The van der Waals surface area contributed by atoms with Crippen LogP contribution in [-0.4, -0.2) is 16.7 Å². The van der Waals surface area contributed by atoms with Gasteiger partial charge in [0.1, 0.15) is 11.6 Å². The molecule has 0 radical (unpaired) electrons. The van der Waals surface area contributed by atoms with Crippen LogP contribution in [0.1, 0.15) is 25.6 Å². The van der Waals surface area contributed by atoms with Crippen LogP contribution in [0.2, 0.25) is 0 Å². The van der Waals surface area contributed by atoms with Gasteiger partial charge in [0, 0.05) is 19.5 Å². The van der Waals surface area contributed by atoms with Crippen LogP contribution in [0.5, 0.6) is 5.75 Å². The lowest BCUT2D eigenvalue weighted by Crippen LogP contribution is -1.97. The van der Waals surface area contributed by atoms with E-state index in [1.165, 1.54) is 18.4 Å². The molecule has 3 nitrogen and oxygen atoms in total. The van der Waals surface area contributed by atoms with Crippen molar-refractivity contribution in [3.63, 3.8) is 0 Å². The number of rotatable bonds is 4. The summed E-state index contributed by atoms with van der Waals surface area (Å²) in [5.74, 6) is 2.03. The van der Waals surface area contributed by atoms with Crippen LogP contribution in [0.3, 0.4) is 0 Å². The first-order valence-electron chi connectivity index (χ1n) is 5.75. The van der Waals surface area contributed by atoms with E-state index in [0.717, 1.165) is 23.5 Å². The number of unbranched alkanes of at least 4 members (excludes halogenated alkanes) is 1. The van der Waals surface area contributed by atoms with E-state index in [4.69, 9.17) is 4.74 Å². The standard InChI is InChI=1S/C13H18N2O/c1-4-5-6-13-14-11-9-10(16-3)7-8-12(11)15(13)2/h7-9H,4-6H2,1-3H3. The molecule has 16 heavy (non-hydrogen) atoms. The number of aryl methyl sites for hydroxylation is 2. The number of hydrogen-bond acceptors (Lipinski definition) is 2. The molecule has 0 fully saturated rings. The van der Waals surface area contributed by atoms with Gasteiger partial charge in [0.05, 0.1) is 18.1 Å². The molecule has 0 aliphatic heterocycles. The number of imidazole rings is 1. The van der Waals surface area contributed by atoms with Gasteiger partial charge in [-0.3, -0.25) is 0 Å². The smallest absolute Gasteiger partial charge is 0.121 e. The fourth-order valence-corrected chi connectivity index (χ4v) is 1.91. The predicted molar refractivity (Wildman–Crippen MR) is 65.9 cm³/mol. The fraction of sp³-hybridized carbons (Fsp3) is 0.462. The van der Waals surface area contributed by atoms with E-state index in [2.05, 4.69) is 29.6 Å². The highest BCUT2D eigenvalue weighted by Crippen LogP contribution is 2.21. The third kappa shape index (κ3) is 1.90. The minimum atomic E-state index is 0.868. The van der Waals surface area contributed by atoms with E-state index in [1.54, 1.807) is 7.11 Å². The average Bonchev–Trinajstić information content (AvgIpc) is 2.63.